The van der Waals surface area contributed by atoms with Crippen LogP contribution >= 0.6 is 0 Å². The molecule has 0 unspecified atom stereocenters. The zero-order valence-electron chi connectivity index (χ0n) is 15.3. The molecule has 2 aromatic rings. The lowest BCUT2D eigenvalue weighted by Gasteiger charge is -2.34. The summed E-state index contributed by atoms with van der Waals surface area (Å²) < 4.78 is 7.61. The minimum absolute atomic E-state index is 0.0883. The second kappa shape index (κ2) is 8.28. The van der Waals surface area contributed by atoms with Gasteiger partial charge in [0.2, 0.25) is 5.95 Å². The maximum absolute atomic E-state index is 8.75. The number of anilines is 1. The molecule has 8 heteroatoms. The van der Waals surface area contributed by atoms with Crippen molar-refractivity contribution in [2.75, 3.05) is 57.4 Å². The van der Waals surface area contributed by atoms with Gasteiger partial charge < -0.3 is 19.3 Å². The Labute approximate surface area is 153 Å². The van der Waals surface area contributed by atoms with E-state index in [-0.39, 0.29) is 6.61 Å². The second-order valence-electron chi connectivity index (χ2n) is 7.13. The summed E-state index contributed by atoms with van der Waals surface area (Å²) in [5.41, 5.74) is 1.86. The van der Waals surface area contributed by atoms with Gasteiger partial charge in [-0.25, -0.2) is 9.97 Å². The molecule has 1 aliphatic heterocycles. The Morgan fingerprint density at radius 3 is 2.65 bits per heavy atom. The number of piperazine rings is 1. The molecular formula is C18H28N6O2. The van der Waals surface area contributed by atoms with Gasteiger partial charge in [0.25, 0.3) is 0 Å². The van der Waals surface area contributed by atoms with Crippen molar-refractivity contribution in [3.63, 3.8) is 0 Å². The van der Waals surface area contributed by atoms with E-state index in [1.807, 2.05) is 12.5 Å². The maximum atomic E-state index is 8.75. The Morgan fingerprint density at radius 2 is 1.88 bits per heavy atom. The number of ether oxygens (including phenoxy) is 1. The van der Waals surface area contributed by atoms with Crippen molar-refractivity contribution in [3.8, 4) is 0 Å². The summed E-state index contributed by atoms with van der Waals surface area (Å²) in [6.45, 7) is 5.88. The molecule has 0 spiro atoms. The van der Waals surface area contributed by atoms with E-state index in [9.17, 15) is 0 Å². The summed E-state index contributed by atoms with van der Waals surface area (Å²) in [6.07, 6.45) is 8.84. The predicted octanol–water partition coefficient (Wildman–Crippen LogP) is 1.07. The van der Waals surface area contributed by atoms with Gasteiger partial charge in [-0.1, -0.05) is 12.8 Å². The van der Waals surface area contributed by atoms with Crippen LogP contribution in [0.3, 0.4) is 0 Å². The SMILES string of the molecule is OCCOCCN1CCN(c2ncc3ncn(C4CCCC4)c3n2)CC1. The molecule has 1 aliphatic carbocycles. The zero-order chi connectivity index (χ0) is 17.8. The lowest BCUT2D eigenvalue weighted by atomic mass is 10.2. The quantitative estimate of drug-likeness (QED) is 0.740. The standard InChI is InChI=1S/C18H28N6O2/c25-10-12-26-11-9-22-5-7-23(8-6-22)18-19-13-16-17(21-18)24(14-20-16)15-3-1-2-4-15/h13-15,25H,1-12H2. The van der Waals surface area contributed by atoms with Crippen LogP contribution in [0.4, 0.5) is 5.95 Å². The number of hydrogen-bond acceptors (Lipinski definition) is 7. The summed E-state index contributed by atoms with van der Waals surface area (Å²) in [6, 6.07) is 0.540. The van der Waals surface area contributed by atoms with Gasteiger partial charge in [-0.2, -0.15) is 4.98 Å². The molecule has 2 aromatic heterocycles. The van der Waals surface area contributed by atoms with E-state index in [2.05, 4.69) is 24.3 Å². The zero-order valence-corrected chi connectivity index (χ0v) is 15.3. The molecule has 1 saturated carbocycles. The molecule has 26 heavy (non-hydrogen) atoms. The van der Waals surface area contributed by atoms with Crippen LogP contribution in [0.2, 0.25) is 0 Å². The molecule has 1 N–H and O–H groups in total. The first-order valence-corrected chi connectivity index (χ1v) is 9.70. The van der Waals surface area contributed by atoms with Gasteiger partial charge in [-0.15, -0.1) is 0 Å². The summed E-state index contributed by atoms with van der Waals surface area (Å²) in [4.78, 5) is 18.5. The first-order valence-electron chi connectivity index (χ1n) is 9.70. The fourth-order valence-corrected chi connectivity index (χ4v) is 3.95. The van der Waals surface area contributed by atoms with Gasteiger partial charge in [0.1, 0.15) is 5.52 Å². The van der Waals surface area contributed by atoms with Crippen molar-refractivity contribution in [1.82, 2.24) is 24.4 Å². The molecule has 142 valence electrons. The number of nitrogens with zero attached hydrogens (tertiary/aromatic N) is 6. The minimum atomic E-state index is 0.0883. The first-order chi connectivity index (χ1) is 12.8. The Bertz CT molecular complexity index is 707. The van der Waals surface area contributed by atoms with Gasteiger partial charge in [-0.3, -0.25) is 4.90 Å². The number of aliphatic hydroxyl groups is 1. The van der Waals surface area contributed by atoms with E-state index in [4.69, 9.17) is 14.8 Å². The highest BCUT2D eigenvalue weighted by molar-refractivity contribution is 5.71. The minimum Gasteiger partial charge on any atom is -0.394 e. The second-order valence-corrected chi connectivity index (χ2v) is 7.13. The molecule has 0 bridgehead atoms. The van der Waals surface area contributed by atoms with Crippen LogP contribution in [-0.2, 0) is 4.74 Å². The predicted molar refractivity (Wildman–Crippen MR) is 99.4 cm³/mol. The molecule has 4 rings (SSSR count). The van der Waals surface area contributed by atoms with Crippen LogP contribution in [0.25, 0.3) is 11.2 Å². The molecule has 2 aliphatic rings. The van der Waals surface area contributed by atoms with Crippen molar-refractivity contribution in [2.24, 2.45) is 0 Å². The lowest BCUT2D eigenvalue weighted by Crippen LogP contribution is -2.47. The normalized spacial score (nSPS) is 19.7. The Morgan fingerprint density at radius 1 is 1.08 bits per heavy atom. The number of fused-ring (bicyclic) bond motifs is 1. The summed E-state index contributed by atoms with van der Waals surface area (Å²) in [5, 5.41) is 8.75. The molecule has 8 nitrogen and oxygen atoms in total. The molecule has 2 fully saturated rings. The molecule has 0 atom stereocenters. The largest absolute Gasteiger partial charge is 0.394 e. The van der Waals surface area contributed by atoms with E-state index in [0.717, 1.165) is 49.8 Å². The van der Waals surface area contributed by atoms with Crippen molar-refractivity contribution in [2.45, 2.75) is 31.7 Å². The van der Waals surface area contributed by atoms with Gasteiger partial charge in [-0.05, 0) is 12.8 Å². The third kappa shape index (κ3) is 3.82. The summed E-state index contributed by atoms with van der Waals surface area (Å²) >= 11 is 0. The van der Waals surface area contributed by atoms with E-state index in [1.54, 1.807) is 0 Å². The average molecular weight is 360 g/mol. The lowest BCUT2D eigenvalue weighted by molar-refractivity contribution is 0.0724. The Kier molecular flexibility index (Phi) is 5.62. The smallest absolute Gasteiger partial charge is 0.227 e. The highest BCUT2D eigenvalue weighted by Gasteiger charge is 2.22. The number of rotatable bonds is 7. The highest BCUT2D eigenvalue weighted by atomic mass is 16.5. The third-order valence-corrected chi connectivity index (χ3v) is 5.46. The van der Waals surface area contributed by atoms with Crippen LogP contribution in [0, 0.1) is 0 Å². The fraction of sp³-hybridized carbons (Fsp3) is 0.722. The molecule has 0 amide bonds. The fourth-order valence-electron chi connectivity index (χ4n) is 3.95. The van der Waals surface area contributed by atoms with Crippen LogP contribution in [-0.4, -0.2) is 82.1 Å². The summed E-state index contributed by atoms with van der Waals surface area (Å²) in [7, 11) is 0. The van der Waals surface area contributed by atoms with Crippen LogP contribution < -0.4 is 4.90 Å². The highest BCUT2D eigenvalue weighted by Crippen LogP contribution is 2.31. The Hall–Kier alpha value is -1.77. The van der Waals surface area contributed by atoms with E-state index in [1.165, 1.54) is 25.7 Å². The maximum Gasteiger partial charge on any atom is 0.227 e. The van der Waals surface area contributed by atoms with Crippen LogP contribution in [0.15, 0.2) is 12.5 Å². The monoisotopic (exact) mass is 360 g/mol. The number of imidazole rings is 1. The van der Waals surface area contributed by atoms with Crippen molar-refractivity contribution < 1.29 is 9.84 Å². The number of hydrogen-bond donors (Lipinski definition) is 1. The van der Waals surface area contributed by atoms with Gasteiger partial charge in [0.15, 0.2) is 5.65 Å². The van der Waals surface area contributed by atoms with E-state index >= 15 is 0 Å². The van der Waals surface area contributed by atoms with Crippen molar-refractivity contribution in [3.05, 3.63) is 12.5 Å². The first kappa shape index (κ1) is 17.6. The van der Waals surface area contributed by atoms with Crippen molar-refractivity contribution in [1.29, 1.82) is 0 Å². The molecule has 3 heterocycles. The van der Waals surface area contributed by atoms with Crippen LogP contribution in [0.5, 0.6) is 0 Å². The van der Waals surface area contributed by atoms with E-state index < -0.39 is 0 Å². The molecule has 0 radical (unpaired) electrons. The molecular weight excluding hydrogens is 332 g/mol. The van der Waals surface area contributed by atoms with Crippen molar-refractivity contribution >= 4 is 17.1 Å². The topological polar surface area (TPSA) is 79.5 Å². The number of aliphatic hydroxyl groups excluding tert-OH is 1. The van der Waals surface area contributed by atoms with Gasteiger partial charge >= 0.3 is 0 Å². The van der Waals surface area contributed by atoms with Gasteiger partial charge in [0, 0.05) is 38.8 Å². The van der Waals surface area contributed by atoms with Crippen LogP contribution in [0.1, 0.15) is 31.7 Å². The third-order valence-electron chi connectivity index (χ3n) is 5.46. The summed E-state index contributed by atoms with van der Waals surface area (Å²) in [5.74, 6) is 0.813. The van der Waals surface area contributed by atoms with Gasteiger partial charge in [0.05, 0.1) is 32.3 Å². The van der Waals surface area contributed by atoms with E-state index in [0.29, 0.717) is 19.3 Å². The number of aromatic nitrogens is 4. The molecule has 1 saturated heterocycles. The average Bonchev–Trinajstić information content (AvgIpc) is 3.34. The molecule has 0 aromatic carbocycles. The Balaban J connectivity index is 1.39.